The van der Waals surface area contributed by atoms with Gasteiger partial charge >= 0.3 is 5.97 Å². The number of nitrogens with one attached hydrogen (secondary N) is 2. The van der Waals surface area contributed by atoms with Gasteiger partial charge in [-0.2, -0.15) is 4.72 Å². The number of esters is 1. The molecule has 1 aliphatic heterocycles. The smallest absolute Gasteiger partial charge is 0.324 e. The molecule has 2 N–H and O–H groups in total. The standard InChI is InChI=1S/C21H22N2O8S/c1-12(23-32(27,28)17-7-4-15(5-8-17)13(2)24)21(26)31-14(3)20(25)22-16-6-9-18-19(10-16)30-11-29-18/h4-10,12,14,23H,11H2,1-3H3,(H,22,25)/t12-,14+/m0/s1. The van der Waals surface area contributed by atoms with Crippen LogP contribution in [0.4, 0.5) is 5.69 Å². The van der Waals surface area contributed by atoms with Crippen molar-refractivity contribution in [3.63, 3.8) is 0 Å². The predicted octanol–water partition coefficient (Wildman–Crippen LogP) is 1.86. The molecule has 1 aliphatic rings. The first-order chi connectivity index (χ1) is 15.1. The van der Waals surface area contributed by atoms with Gasteiger partial charge in [0.1, 0.15) is 6.04 Å². The molecule has 2 aromatic carbocycles. The van der Waals surface area contributed by atoms with Crippen LogP contribution in [0, 0.1) is 0 Å². The van der Waals surface area contributed by atoms with Crippen molar-refractivity contribution in [3.8, 4) is 11.5 Å². The lowest BCUT2D eigenvalue weighted by molar-refractivity contribution is -0.154. The van der Waals surface area contributed by atoms with Crippen LogP contribution in [-0.4, -0.2) is 45.0 Å². The third kappa shape index (κ3) is 5.42. The molecule has 0 spiro atoms. The first-order valence-corrected chi connectivity index (χ1v) is 11.1. The lowest BCUT2D eigenvalue weighted by atomic mass is 10.2. The molecule has 3 rings (SSSR count). The van der Waals surface area contributed by atoms with Gasteiger partial charge in [0.25, 0.3) is 5.91 Å². The SMILES string of the molecule is CC(=O)c1ccc(S(=O)(=O)N[C@@H](C)C(=O)O[C@H](C)C(=O)Nc2ccc3c(c2)OCO3)cc1. The van der Waals surface area contributed by atoms with Crippen molar-refractivity contribution < 1.29 is 37.0 Å². The van der Waals surface area contributed by atoms with E-state index in [0.29, 0.717) is 22.7 Å². The van der Waals surface area contributed by atoms with Crippen molar-refractivity contribution in [1.82, 2.24) is 4.72 Å². The summed E-state index contributed by atoms with van der Waals surface area (Å²) >= 11 is 0. The summed E-state index contributed by atoms with van der Waals surface area (Å²) < 4.78 is 42.7. The van der Waals surface area contributed by atoms with Crippen molar-refractivity contribution in [2.24, 2.45) is 0 Å². The molecule has 0 unspecified atom stereocenters. The third-order valence-electron chi connectivity index (χ3n) is 4.56. The molecule has 2 aromatic rings. The molecule has 1 amide bonds. The Morgan fingerprint density at radius 2 is 1.66 bits per heavy atom. The largest absolute Gasteiger partial charge is 0.454 e. The van der Waals surface area contributed by atoms with E-state index < -0.39 is 34.0 Å². The van der Waals surface area contributed by atoms with E-state index in [1.54, 1.807) is 18.2 Å². The number of hydrogen-bond acceptors (Lipinski definition) is 8. The molecule has 2 atom stereocenters. The number of carbonyl (C=O) groups excluding carboxylic acids is 3. The van der Waals surface area contributed by atoms with Crippen LogP contribution in [0.2, 0.25) is 0 Å². The molecular weight excluding hydrogens is 440 g/mol. The minimum absolute atomic E-state index is 0.0927. The number of amides is 1. The van der Waals surface area contributed by atoms with Gasteiger partial charge < -0.3 is 19.5 Å². The first kappa shape index (κ1) is 23.2. The second-order valence-corrected chi connectivity index (χ2v) is 8.77. The van der Waals surface area contributed by atoms with Gasteiger partial charge in [0, 0.05) is 17.3 Å². The quantitative estimate of drug-likeness (QED) is 0.448. The Hall–Kier alpha value is -3.44. The van der Waals surface area contributed by atoms with E-state index in [9.17, 15) is 22.8 Å². The fourth-order valence-corrected chi connectivity index (χ4v) is 3.96. The molecular formula is C21H22N2O8S. The molecule has 0 fully saturated rings. The maximum absolute atomic E-state index is 12.5. The minimum atomic E-state index is -4.05. The Balaban J connectivity index is 1.56. The Labute approximate surface area is 184 Å². The summed E-state index contributed by atoms with van der Waals surface area (Å²) in [5.74, 6) is -0.701. The molecule has 0 aromatic heterocycles. The van der Waals surface area contributed by atoms with Gasteiger partial charge in [-0.15, -0.1) is 0 Å². The normalized spacial score (nSPS) is 14.3. The Morgan fingerprint density at radius 1 is 1.00 bits per heavy atom. The molecule has 32 heavy (non-hydrogen) atoms. The van der Waals surface area contributed by atoms with Gasteiger partial charge in [-0.1, -0.05) is 12.1 Å². The van der Waals surface area contributed by atoms with E-state index in [1.807, 2.05) is 0 Å². The summed E-state index contributed by atoms with van der Waals surface area (Å²) in [5.41, 5.74) is 0.781. The maximum atomic E-state index is 12.5. The molecule has 0 saturated carbocycles. The number of anilines is 1. The monoisotopic (exact) mass is 462 g/mol. The number of hydrogen-bond donors (Lipinski definition) is 2. The molecule has 0 saturated heterocycles. The summed E-state index contributed by atoms with van der Waals surface area (Å²) in [4.78, 5) is 35.9. The lowest BCUT2D eigenvalue weighted by Crippen LogP contribution is -2.42. The topological polar surface area (TPSA) is 137 Å². The van der Waals surface area contributed by atoms with E-state index >= 15 is 0 Å². The van der Waals surface area contributed by atoms with E-state index in [1.165, 1.54) is 45.0 Å². The molecule has 0 radical (unpaired) electrons. The molecule has 10 nitrogen and oxygen atoms in total. The first-order valence-electron chi connectivity index (χ1n) is 9.61. The summed E-state index contributed by atoms with van der Waals surface area (Å²) in [6.07, 6.45) is -1.19. The zero-order valence-electron chi connectivity index (χ0n) is 17.6. The zero-order valence-corrected chi connectivity index (χ0v) is 18.4. The Kier molecular flexibility index (Phi) is 6.80. The van der Waals surface area contributed by atoms with E-state index in [4.69, 9.17) is 14.2 Å². The molecule has 0 bridgehead atoms. The Morgan fingerprint density at radius 3 is 2.31 bits per heavy atom. The van der Waals surface area contributed by atoms with Gasteiger partial charge in [0.2, 0.25) is 16.8 Å². The van der Waals surface area contributed by atoms with Crippen molar-refractivity contribution in [2.75, 3.05) is 12.1 Å². The fourth-order valence-electron chi connectivity index (χ4n) is 2.77. The number of carbonyl (C=O) groups is 3. The average Bonchev–Trinajstić information content (AvgIpc) is 3.21. The summed E-state index contributed by atoms with van der Waals surface area (Å²) in [6.45, 7) is 4.12. The van der Waals surface area contributed by atoms with Gasteiger partial charge in [-0.3, -0.25) is 14.4 Å². The van der Waals surface area contributed by atoms with Crippen LogP contribution in [0.25, 0.3) is 0 Å². The van der Waals surface area contributed by atoms with E-state index in [0.717, 1.165) is 0 Å². The Bertz CT molecular complexity index is 1140. The van der Waals surface area contributed by atoms with Crippen molar-refractivity contribution in [3.05, 3.63) is 48.0 Å². The number of ether oxygens (including phenoxy) is 3. The van der Waals surface area contributed by atoms with Crippen LogP contribution in [-0.2, 0) is 24.3 Å². The second kappa shape index (κ2) is 9.37. The number of sulfonamides is 1. The van der Waals surface area contributed by atoms with Crippen molar-refractivity contribution in [1.29, 1.82) is 0 Å². The number of benzene rings is 2. The molecule has 1 heterocycles. The highest BCUT2D eigenvalue weighted by Crippen LogP contribution is 2.34. The maximum Gasteiger partial charge on any atom is 0.324 e. The summed E-state index contributed by atoms with van der Waals surface area (Å²) in [6, 6.07) is 8.83. The third-order valence-corrected chi connectivity index (χ3v) is 6.12. The van der Waals surface area contributed by atoms with Crippen molar-refractivity contribution in [2.45, 2.75) is 37.8 Å². The van der Waals surface area contributed by atoms with E-state index in [-0.39, 0.29) is 17.5 Å². The highest BCUT2D eigenvalue weighted by atomic mass is 32.2. The van der Waals surface area contributed by atoms with Crippen molar-refractivity contribution >= 4 is 33.4 Å². The zero-order chi connectivity index (χ0) is 23.5. The van der Waals surface area contributed by atoms with Gasteiger partial charge in [-0.25, -0.2) is 8.42 Å². The molecule has 11 heteroatoms. The van der Waals surface area contributed by atoms with Gasteiger partial charge in [-0.05, 0) is 45.0 Å². The van der Waals surface area contributed by atoms with Crippen LogP contribution in [0.3, 0.4) is 0 Å². The minimum Gasteiger partial charge on any atom is -0.454 e. The predicted molar refractivity (Wildman–Crippen MR) is 113 cm³/mol. The highest BCUT2D eigenvalue weighted by molar-refractivity contribution is 7.89. The average molecular weight is 462 g/mol. The fraction of sp³-hybridized carbons (Fsp3) is 0.286. The molecule has 170 valence electrons. The number of fused-ring (bicyclic) bond motifs is 1. The van der Waals surface area contributed by atoms with Gasteiger partial charge in [0.05, 0.1) is 4.90 Å². The summed E-state index contributed by atoms with van der Waals surface area (Å²) in [7, 11) is -4.05. The number of ketones is 1. The highest BCUT2D eigenvalue weighted by Gasteiger charge is 2.27. The van der Waals surface area contributed by atoms with Gasteiger partial charge in [0.15, 0.2) is 23.4 Å². The lowest BCUT2D eigenvalue weighted by Gasteiger charge is -2.18. The van der Waals surface area contributed by atoms with Crippen LogP contribution < -0.4 is 19.5 Å². The second-order valence-electron chi connectivity index (χ2n) is 7.06. The van der Waals surface area contributed by atoms with Crippen LogP contribution >= 0.6 is 0 Å². The number of Topliss-reactive ketones (excluding diaryl/α,β-unsaturated/α-hetero) is 1. The van der Waals surface area contributed by atoms with E-state index in [2.05, 4.69) is 10.0 Å². The van der Waals surface area contributed by atoms with Crippen LogP contribution in [0.1, 0.15) is 31.1 Å². The number of rotatable bonds is 8. The molecule has 0 aliphatic carbocycles. The van der Waals surface area contributed by atoms with Crippen LogP contribution in [0.15, 0.2) is 47.4 Å². The summed E-state index contributed by atoms with van der Waals surface area (Å²) in [5, 5.41) is 2.59. The van der Waals surface area contributed by atoms with Crippen LogP contribution in [0.5, 0.6) is 11.5 Å².